The fraction of sp³-hybridized carbons (Fsp3) is 0.533. The SMILES string of the molecule is Cc1noc([C@]23COC[C@H]2CN(Cc2cccnc2)C3)n1. The van der Waals surface area contributed by atoms with E-state index >= 15 is 0 Å². The summed E-state index contributed by atoms with van der Waals surface area (Å²) in [5.41, 5.74) is 1.10. The van der Waals surface area contributed by atoms with Crippen LogP contribution in [0.4, 0.5) is 0 Å². The van der Waals surface area contributed by atoms with Gasteiger partial charge in [0.25, 0.3) is 0 Å². The van der Waals surface area contributed by atoms with Crippen LogP contribution in [0, 0.1) is 12.8 Å². The van der Waals surface area contributed by atoms with Gasteiger partial charge in [0.15, 0.2) is 5.82 Å². The van der Waals surface area contributed by atoms with E-state index < -0.39 is 0 Å². The Morgan fingerprint density at radius 3 is 3.19 bits per heavy atom. The Hall–Kier alpha value is -1.79. The smallest absolute Gasteiger partial charge is 0.236 e. The zero-order chi connectivity index (χ0) is 14.3. The molecule has 0 spiro atoms. The van der Waals surface area contributed by atoms with Crippen molar-refractivity contribution >= 4 is 0 Å². The molecule has 110 valence electrons. The van der Waals surface area contributed by atoms with Crippen molar-refractivity contribution in [3.8, 4) is 0 Å². The molecule has 2 aliphatic rings. The van der Waals surface area contributed by atoms with Gasteiger partial charge in [0.05, 0.1) is 18.6 Å². The van der Waals surface area contributed by atoms with E-state index in [-0.39, 0.29) is 5.41 Å². The molecule has 2 aliphatic heterocycles. The van der Waals surface area contributed by atoms with Crippen molar-refractivity contribution in [3.05, 3.63) is 41.8 Å². The summed E-state index contributed by atoms with van der Waals surface area (Å²) in [5.74, 6) is 1.85. The summed E-state index contributed by atoms with van der Waals surface area (Å²) < 4.78 is 11.2. The van der Waals surface area contributed by atoms with E-state index in [1.165, 1.54) is 5.56 Å². The molecule has 0 radical (unpaired) electrons. The maximum atomic E-state index is 5.71. The van der Waals surface area contributed by atoms with Crippen molar-refractivity contribution in [2.75, 3.05) is 26.3 Å². The van der Waals surface area contributed by atoms with Crippen molar-refractivity contribution in [2.45, 2.75) is 18.9 Å². The summed E-state index contributed by atoms with van der Waals surface area (Å²) in [7, 11) is 0. The Kier molecular flexibility index (Phi) is 3.01. The highest BCUT2D eigenvalue weighted by atomic mass is 16.5. The summed E-state index contributed by atoms with van der Waals surface area (Å²) in [6, 6.07) is 4.09. The van der Waals surface area contributed by atoms with Crippen LogP contribution in [0.5, 0.6) is 0 Å². The largest absolute Gasteiger partial charge is 0.380 e. The predicted octanol–water partition coefficient (Wildman–Crippen LogP) is 1.17. The molecule has 2 atom stereocenters. The summed E-state index contributed by atoms with van der Waals surface area (Å²) in [5, 5.41) is 3.96. The number of hydrogen-bond donors (Lipinski definition) is 0. The molecule has 0 amide bonds. The molecule has 21 heavy (non-hydrogen) atoms. The van der Waals surface area contributed by atoms with Crippen LogP contribution in [0.3, 0.4) is 0 Å². The Morgan fingerprint density at radius 2 is 2.43 bits per heavy atom. The third kappa shape index (κ3) is 2.15. The van der Waals surface area contributed by atoms with Crippen LogP contribution < -0.4 is 0 Å². The third-order valence-electron chi connectivity index (χ3n) is 4.53. The Morgan fingerprint density at radius 1 is 1.48 bits per heavy atom. The molecule has 4 heterocycles. The molecule has 2 aromatic heterocycles. The van der Waals surface area contributed by atoms with E-state index in [1.54, 1.807) is 6.20 Å². The number of likely N-dealkylation sites (tertiary alicyclic amines) is 1. The lowest BCUT2D eigenvalue weighted by molar-refractivity contribution is 0.137. The van der Waals surface area contributed by atoms with Crippen LogP contribution in [0.25, 0.3) is 0 Å². The highest BCUT2D eigenvalue weighted by Crippen LogP contribution is 2.43. The van der Waals surface area contributed by atoms with Gasteiger partial charge in [-0.2, -0.15) is 4.98 Å². The minimum absolute atomic E-state index is 0.135. The number of fused-ring (bicyclic) bond motifs is 1. The highest BCUT2D eigenvalue weighted by molar-refractivity contribution is 5.18. The fourth-order valence-corrected chi connectivity index (χ4v) is 3.51. The molecule has 4 rings (SSSR count). The molecule has 0 bridgehead atoms. The van der Waals surface area contributed by atoms with Crippen LogP contribution in [0.2, 0.25) is 0 Å². The molecule has 0 saturated carbocycles. The summed E-state index contributed by atoms with van der Waals surface area (Å²) in [4.78, 5) is 11.1. The first-order valence-corrected chi connectivity index (χ1v) is 7.26. The Labute approximate surface area is 123 Å². The van der Waals surface area contributed by atoms with Gasteiger partial charge >= 0.3 is 0 Å². The molecular weight excluding hydrogens is 268 g/mol. The molecule has 0 unspecified atom stereocenters. The van der Waals surface area contributed by atoms with Crippen molar-refractivity contribution in [3.63, 3.8) is 0 Å². The van der Waals surface area contributed by atoms with Crippen LogP contribution in [-0.2, 0) is 16.7 Å². The van der Waals surface area contributed by atoms with E-state index in [2.05, 4.69) is 26.1 Å². The molecule has 6 heteroatoms. The Bertz CT molecular complexity index is 630. The first-order chi connectivity index (χ1) is 10.3. The maximum Gasteiger partial charge on any atom is 0.236 e. The average Bonchev–Trinajstić information content (AvgIpc) is 3.14. The van der Waals surface area contributed by atoms with Gasteiger partial charge in [-0.1, -0.05) is 11.2 Å². The Balaban J connectivity index is 1.57. The minimum atomic E-state index is -0.135. The maximum absolute atomic E-state index is 5.71. The molecule has 2 aromatic rings. The standard InChI is InChI=1S/C15H18N4O2/c1-11-17-14(21-18-11)15-9-19(7-13(15)8-20-10-15)6-12-3-2-4-16-5-12/h2-5,13H,6-10H2,1H3/t13-,15-/m1/s1. The molecule has 6 nitrogen and oxygen atoms in total. The van der Waals surface area contributed by atoms with Gasteiger partial charge in [-0.15, -0.1) is 0 Å². The van der Waals surface area contributed by atoms with Crippen molar-refractivity contribution < 1.29 is 9.26 Å². The van der Waals surface area contributed by atoms with Crippen LogP contribution >= 0.6 is 0 Å². The van der Waals surface area contributed by atoms with E-state index in [9.17, 15) is 0 Å². The van der Waals surface area contributed by atoms with Crippen LogP contribution in [0.1, 0.15) is 17.3 Å². The average molecular weight is 286 g/mol. The van der Waals surface area contributed by atoms with Gasteiger partial charge in [-0.3, -0.25) is 9.88 Å². The molecule has 0 N–H and O–H groups in total. The van der Waals surface area contributed by atoms with E-state index in [0.29, 0.717) is 18.3 Å². The summed E-state index contributed by atoms with van der Waals surface area (Å²) in [6.07, 6.45) is 3.73. The first kappa shape index (κ1) is 12.9. The van der Waals surface area contributed by atoms with Gasteiger partial charge < -0.3 is 9.26 Å². The summed E-state index contributed by atoms with van der Waals surface area (Å²) in [6.45, 7) is 6.09. The van der Waals surface area contributed by atoms with Crippen molar-refractivity contribution in [1.82, 2.24) is 20.0 Å². The lowest BCUT2D eigenvalue weighted by Gasteiger charge is -2.22. The van der Waals surface area contributed by atoms with Gasteiger partial charge in [0.2, 0.25) is 5.89 Å². The third-order valence-corrected chi connectivity index (χ3v) is 4.53. The highest BCUT2D eigenvalue weighted by Gasteiger charge is 2.55. The lowest BCUT2D eigenvalue weighted by atomic mass is 9.81. The lowest BCUT2D eigenvalue weighted by Crippen LogP contribution is -2.35. The number of nitrogens with zero attached hydrogens (tertiary/aromatic N) is 4. The predicted molar refractivity (Wildman–Crippen MR) is 74.5 cm³/mol. The molecule has 2 saturated heterocycles. The second-order valence-corrected chi connectivity index (χ2v) is 6.05. The summed E-state index contributed by atoms with van der Waals surface area (Å²) >= 11 is 0. The van der Waals surface area contributed by atoms with Crippen molar-refractivity contribution in [1.29, 1.82) is 0 Å². The monoisotopic (exact) mass is 286 g/mol. The van der Waals surface area contributed by atoms with Crippen LogP contribution in [-0.4, -0.2) is 46.3 Å². The number of aryl methyl sites for hydroxylation is 1. The van der Waals surface area contributed by atoms with Crippen LogP contribution in [0.15, 0.2) is 29.0 Å². The zero-order valence-corrected chi connectivity index (χ0v) is 12.0. The topological polar surface area (TPSA) is 64.3 Å². The van der Waals surface area contributed by atoms with Gasteiger partial charge in [-0.05, 0) is 18.6 Å². The molecule has 0 aliphatic carbocycles. The number of rotatable bonds is 3. The molecule has 2 fully saturated rings. The number of aromatic nitrogens is 3. The first-order valence-electron chi connectivity index (χ1n) is 7.26. The number of pyridine rings is 1. The van der Waals surface area contributed by atoms with Gasteiger partial charge in [0, 0.05) is 37.9 Å². The van der Waals surface area contributed by atoms with Gasteiger partial charge in [0.1, 0.15) is 0 Å². The molecular formula is C15H18N4O2. The van der Waals surface area contributed by atoms with Crippen molar-refractivity contribution in [2.24, 2.45) is 5.92 Å². The van der Waals surface area contributed by atoms with E-state index in [0.717, 1.165) is 32.1 Å². The zero-order valence-electron chi connectivity index (χ0n) is 12.0. The van der Waals surface area contributed by atoms with E-state index in [4.69, 9.17) is 9.26 Å². The minimum Gasteiger partial charge on any atom is -0.380 e. The normalized spacial score (nSPS) is 28.9. The second kappa shape index (κ2) is 4.89. The number of ether oxygens (including phenoxy) is 1. The number of hydrogen-bond acceptors (Lipinski definition) is 6. The second-order valence-electron chi connectivity index (χ2n) is 6.05. The quantitative estimate of drug-likeness (QED) is 0.844. The van der Waals surface area contributed by atoms with Gasteiger partial charge in [-0.25, -0.2) is 0 Å². The van der Waals surface area contributed by atoms with E-state index in [1.807, 2.05) is 19.2 Å². The molecule has 0 aromatic carbocycles. The fourth-order valence-electron chi connectivity index (χ4n) is 3.51.